The van der Waals surface area contributed by atoms with E-state index in [1.54, 1.807) is 23.1 Å². The minimum Gasteiger partial charge on any atom is -0.318 e. The summed E-state index contributed by atoms with van der Waals surface area (Å²) in [6, 6.07) is 17.2. The number of carbonyl (C=O) groups excluding carboxylic acids is 1. The first kappa shape index (κ1) is 18.8. The van der Waals surface area contributed by atoms with Crippen molar-refractivity contribution < 1.29 is 9.63 Å². The summed E-state index contributed by atoms with van der Waals surface area (Å²) in [4.78, 5) is 21.1. The zero-order chi connectivity index (χ0) is 18.9. The molecule has 7 heteroatoms. The Morgan fingerprint density at radius 3 is 2.59 bits per heavy atom. The standard InChI is InChI=1S/C20H19ClN4O2/c21-18-11-9-17(10-12-18)19(13-25-15-22-14-23-25)24-27-20(26)8-4-7-16-5-2-1-3-6-16/h1-3,5-6,9-12,14-15H,4,7-8,13H2. The minimum absolute atomic E-state index is 0.301. The molecule has 0 spiro atoms. The fraction of sp³-hybridized carbons (Fsp3) is 0.200. The van der Waals surface area contributed by atoms with Crippen molar-refractivity contribution in [2.24, 2.45) is 5.16 Å². The Labute approximate surface area is 162 Å². The summed E-state index contributed by atoms with van der Waals surface area (Å²) >= 11 is 5.94. The third-order valence-corrected chi connectivity index (χ3v) is 4.15. The van der Waals surface area contributed by atoms with Crippen molar-refractivity contribution in [3.63, 3.8) is 0 Å². The Balaban J connectivity index is 1.60. The fourth-order valence-corrected chi connectivity index (χ4v) is 2.64. The quantitative estimate of drug-likeness (QED) is 0.336. The topological polar surface area (TPSA) is 69.4 Å². The largest absolute Gasteiger partial charge is 0.335 e. The van der Waals surface area contributed by atoms with Gasteiger partial charge in [-0.3, -0.25) is 0 Å². The van der Waals surface area contributed by atoms with Crippen molar-refractivity contribution in [2.75, 3.05) is 0 Å². The normalized spacial score (nSPS) is 11.4. The molecule has 1 aromatic heterocycles. The number of benzene rings is 2. The Morgan fingerprint density at radius 1 is 1.11 bits per heavy atom. The SMILES string of the molecule is O=C(CCCc1ccccc1)ON=C(Cn1cncn1)c1ccc(Cl)cc1. The van der Waals surface area contributed by atoms with Gasteiger partial charge in [0, 0.05) is 17.0 Å². The van der Waals surface area contributed by atoms with Crippen LogP contribution in [0.3, 0.4) is 0 Å². The number of oxime groups is 1. The Hall–Kier alpha value is -2.99. The van der Waals surface area contributed by atoms with E-state index in [1.807, 2.05) is 42.5 Å². The Kier molecular flexibility index (Phi) is 6.71. The van der Waals surface area contributed by atoms with Gasteiger partial charge < -0.3 is 4.84 Å². The molecule has 1 heterocycles. The zero-order valence-electron chi connectivity index (χ0n) is 14.7. The molecule has 138 valence electrons. The second kappa shape index (κ2) is 9.64. The molecule has 0 atom stereocenters. The number of aryl methyl sites for hydroxylation is 1. The summed E-state index contributed by atoms with van der Waals surface area (Å²) in [7, 11) is 0. The highest BCUT2D eigenvalue weighted by Gasteiger charge is 2.09. The molecule has 3 aromatic rings. The van der Waals surface area contributed by atoms with Gasteiger partial charge in [-0.2, -0.15) is 5.10 Å². The lowest BCUT2D eigenvalue weighted by Crippen LogP contribution is -2.14. The molecule has 0 amide bonds. The molecule has 0 bridgehead atoms. The number of aromatic nitrogens is 3. The third-order valence-electron chi connectivity index (χ3n) is 3.90. The predicted molar refractivity (Wildman–Crippen MR) is 103 cm³/mol. The molecule has 2 aromatic carbocycles. The maximum absolute atomic E-state index is 12.0. The fourth-order valence-electron chi connectivity index (χ4n) is 2.52. The highest BCUT2D eigenvalue weighted by Crippen LogP contribution is 2.12. The van der Waals surface area contributed by atoms with Gasteiger partial charge in [0.05, 0.1) is 6.54 Å². The van der Waals surface area contributed by atoms with Crippen molar-refractivity contribution >= 4 is 23.3 Å². The second-order valence-corrected chi connectivity index (χ2v) is 6.38. The first-order valence-corrected chi connectivity index (χ1v) is 8.97. The maximum Gasteiger partial charge on any atom is 0.335 e. The van der Waals surface area contributed by atoms with Gasteiger partial charge in [0.25, 0.3) is 0 Å². The van der Waals surface area contributed by atoms with E-state index in [9.17, 15) is 4.79 Å². The number of hydrogen-bond acceptors (Lipinski definition) is 5. The van der Waals surface area contributed by atoms with Gasteiger partial charge in [0.2, 0.25) is 0 Å². The zero-order valence-corrected chi connectivity index (χ0v) is 15.4. The van der Waals surface area contributed by atoms with Crippen LogP contribution >= 0.6 is 11.6 Å². The third kappa shape index (κ3) is 6.04. The molecule has 6 nitrogen and oxygen atoms in total. The molecule has 0 radical (unpaired) electrons. The van der Waals surface area contributed by atoms with E-state index in [2.05, 4.69) is 15.2 Å². The predicted octanol–water partition coefficient (Wildman–Crippen LogP) is 3.90. The molecule has 0 aliphatic rings. The van der Waals surface area contributed by atoms with Gasteiger partial charge >= 0.3 is 5.97 Å². The highest BCUT2D eigenvalue weighted by molar-refractivity contribution is 6.30. The van der Waals surface area contributed by atoms with Crippen molar-refractivity contribution in [3.05, 3.63) is 83.4 Å². The van der Waals surface area contributed by atoms with Crippen LogP contribution in [-0.4, -0.2) is 26.4 Å². The van der Waals surface area contributed by atoms with Gasteiger partial charge in [0.15, 0.2) is 0 Å². The highest BCUT2D eigenvalue weighted by atomic mass is 35.5. The van der Waals surface area contributed by atoms with Crippen LogP contribution in [-0.2, 0) is 22.6 Å². The van der Waals surface area contributed by atoms with E-state index in [1.165, 1.54) is 11.9 Å². The molecule has 0 saturated carbocycles. The summed E-state index contributed by atoms with van der Waals surface area (Å²) in [5, 5.41) is 8.75. The average molecular weight is 383 g/mol. The summed E-state index contributed by atoms with van der Waals surface area (Å²) in [6.45, 7) is 0.332. The maximum atomic E-state index is 12.0. The lowest BCUT2D eigenvalue weighted by molar-refractivity contribution is -0.143. The van der Waals surface area contributed by atoms with Crippen LogP contribution in [0.15, 0.2) is 72.4 Å². The van der Waals surface area contributed by atoms with Crippen LogP contribution in [0.25, 0.3) is 0 Å². The molecule has 0 aliphatic carbocycles. The van der Waals surface area contributed by atoms with Gasteiger partial charge in [-0.15, -0.1) is 0 Å². The molecular formula is C20H19ClN4O2. The molecule has 0 N–H and O–H groups in total. The number of hydrogen-bond donors (Lipinski definition) is 0. The first-order valence-electron chi connectivity index (χ1n) is 8.60. The molecule has 0 saturated heterocycles. The number of carbonyl (C=O) groups is 1. The van der Waals surface area contributed by atoms with E-state index in [-0.39, 0.29) is 5.97 Å². The average Bonchev–Trinajstić information content (AvgIpc) is 3.20. The number of rotatable bonds is 8. The summed E-state index contributed by atoms with van der Waals surface area (Å²) in [5.74, 6) is -0.365. The van der Waals surface area contributed by atoms with Gasteiger partial charge in [-0.25, -0.2) is 14.5 Å². The summed E-state index contributed by atoms with van der Waals surface area (Å²) in [5.41, 5.74) is 2.56. The summed E-state index contributed by atoms with van der Waals surface area (Å²) < 4.78 is 1.61. The van der Waals surface area contributed by atoms with Crippen LogP contribution in [0.1, 0.15) is 24.0 Å². The van der Waals surface area contributed by atoms with Crippen LogP contribution in [0.4, 0.5) is 0 Å². The van der Waals surface area contributed by atoms with Crippen LogP contribution in [0.5, 0.6) is 0 Å². The second-order valence-electron chi connectivity index (χ2n) is 5.94. The molecule has 27 heavy (non-hydrogen) atoms. The summed E-state index contributed by atoms with van der Waals surface area (Å²) in [6.07, 6.45) is 4.85. The van der Waals surface area contributed by atoms with Gasteiger partial charge in [-0.05, 0) is 30.5 Å². The lowest BCUT2D eigenvalue weighted by Gasteiger charge is -2.07. The minimum atomic E-state index is -0.365. The number of nitrogens with zero attached hydrogens (tertiary/aromatic N) is 4. The Bertz CT molecular complexity index is 878. The first-order chi connectivity index (χ1) is 13.2. The number of halogens is 1. The molecule has 0 unspecified atom stereocenters. The van der Waals surface area contributed by atoms with Crippen LogP contribution in [0.2, 0.25) is 5.02 Å². The van der Waals surface area contributed by atoms with Crippen molar-refractivity contribution in [1.29, 1.82) is 0 Å². The van der Waals surface area contributed by atoms with Crippen molar-refractivity contribution in [3.8, 4) is 0 Å². The van der Waals surface area contributed by atoms with E-state index in [0.717, 1.165) is 12.0 Å². The van der Waals surface area contributed by atoms with E-state index >= 15 is 0 Å². The monoisotopic (exact) mass is 382 g/mol. The van der Waals surface area contributed by atoms with Crippen molar-refractivity contribution in [1.82, 2.24) is 14.8 Å². The van der Waals surface area contributed by atoms with E-state index in [0.29, 0.717) is 30.1 Å². The van der Waals surface area contributed by atoms with Crippen molar-refractivity contribution in [2.45, 2.75) is 25.8 Å². The molecule has 3 rings (SSSR count). The van der Waals surface area contributed by atoms with Gasteiger partial charge in [0.1, 0.15) is 18.4 Å². The molecular weight excluding hydrogens is 364 g/mol. The lowest BCUT2D eigenvalue weighted by atomic mass is 10.1. The Morgan fingerprint density at radius 2 is 1.89 bits per heavy atom. The van der Waals surface area contributed by atoms with Gasteiger partial charge in [-0.1, -0.05) is 59.2 Å². The van der Waals surface area contributed by atoms with E-state index in [4.69, 9.17) is 16.4 Å². The van der Waals surface area contributed by atoms with E-state index < -0.39 is 0 Å². The molecule has 0 fully saturated rings. The van der Waals surface area contributed by atoms with Crippen LogP contribution < -0.4 is 0 Å². The smallest absolute Gasteiger partial charge is 0.318 e. The molecule has 0 aliphatic heterocycles. The van der Waals surface area contributed by atoms with Crippen LogP contribution in [0, 0.1) is 0 Å².